The summed E-state index contributed by atoms with van der Waals surface area (Å²) in [4.78, 5) is 13.9. The monoisotopic (exact) mass is 559 g/mol. The predicted octanol–water partition coefficient (Wildman–Crippen LogP) is 2.82. The summed E-state index contributed by atoms with van der Waals surface area (Å²) in [5.41, 5.74) is 0.0292. The fourth-order valence-corrected chi connectivity index (χ4v) is 5.54. The quantitative estimate of drug-likeness (QED) is 0.471. The Balaban J connectivity index is 1.90. The zero-order chi connectivity index (χ0) is 28.3. The molecule has 0 aliphatic carbocycles. The second kappa shape index (κ2) is 12.1. The van der Waals surface area contributed by atoms with Crippen LogP contribution in [0.4, 0.5) is 24.8 Å². The first-order valence-corrected chi connectivity index (χ1v) is 14.2. The number of aliphatic hydroxyl groups is 1. The van der Waals surface area contributed by atoms with E-state index in [1.165, 1.54) is 13.3 Å². The molecule has 13 heteroatoms. The van der Waals surface area contributed by atoms with Gasteiger partial charge in [0.15, 0.2) is 15.5 Å². The number of anilines is 2. The van der Waals surface area contributed by atoms with Gasteiger partial charge in [-0.05, 0) is 30.7 Å². The Hall–Kier alpha value is -2.48. The molecule has 0 radical (unpaired) electrons. The van der Waals surface area contributed by atoms with Gasteiger partial charge in [-0.15, -0.1) is 0 Å². The molecule has 1 saturated heterocycles. The summed E-state index contributed by atoms with van der Waals surface area (Å²) in [7, 11) is -0.315. The van der Waals surface area contributed by atoms with E-state index in [4.69, 9.17) is 4.74 Å². The van der Waals surface area contributed by atoms with Crippen LogP contribution in [0.25, 0.3) is 0 Å². The van der Waals surface area contributed by atoms with E-state index in [9.17, 15) is 26.7 Å². The van der Waals surface area contributed by atoms with E-state index < -0.39 is 28.3 Å². The van der Waals surface area contributed by atoms with Gasteiger partial charge in [-0.2, -0.15) is 13.2 Å². The highest BCUT2D eigenvalue weighted by atomic mass is 32.2. The molecule has 0 unspecified atom stereocenters. The average molecular weight is 560 g/mol. The molecule has 212 valence electrons. The molecule has 1 atom stereocenters. The van der Waals surface area contributed by atoms with Crippen molar-refractivity contribution in [3.63, 3.8) is 0 Å². The molecule has 0 bridgehead atoms. The molecule has 0 amide bonds. The maximum Gasteiger partial charge on any atom is 0.433 e. The molecular formula is C25H36F3N5O4S. The molecule has 38 heavy (non-hydrogen) atoms. The maximum atomic E-state index is 14.0. The molecular weight excluding hydrogens is 523 g/mol. The number of likely N-dealkylation sites (N-methyl/N-ethyl adjacent to an activating group) is 1. The molecule has 1 aromatic carbocycles. The number of hydrogen-bond donors (Lipinski definition) is 1. The number of sulfone groups is 1. The van der Waals surface area contributed by atoms with Gasteiger partial charge in [0.05, 0.1) is 24.2 Å². The lowest BCUT2D eigenvalue weighted by molar-refractivity contribution is -0.142. The smallest absolute Gasteiger partial charge is 0.392 e. The van der Waals surface area contributed by atoms with Crippen LogP contribution in [0.5, 0.6) is 0 Å². The van der Waals surface area contributed by atoms with Gasteiger partial charge in [0, 0.05) is 63.5 Å². The van der Waals surface area contributed by atoms with E-state index in [2.05, 4.69) is 9.97 Å². The zero-order valence-electron chi connectivity index (χ0n) is 22.4. The normalized spacial score (nSPS) is 17.1. The Labute approximate surface area is 222 Å². The summed E-state index contributed by atoms with van der Waals surface area (Å²) in [5, 5.41) is 9.56. The maximum absolute atomic E-state index is 14.0. The summed E-state index contributed by atoms with van der Waals surface area (Å²) in [5.74, 6) is 0.0631. The second-order valence-corrected chi connectivity index (χ2v) is 11.9. The van der Waals surface area contributed by atoms with Gasteiger partial charge in [-0.3, -0.25) is 4.90 Å². The van der Waals surface area contributed by atoms with Crippen LogP contribution in [0, 0.1) is 5.92 Å². The molecule has 2 heterocycles. The third kappa shape index (κ3) is 7.13. The van der Waals surface area contributed by atoms with Crippen molar-refractivity contribution in [3.8, 4) is 0 Å². The van der Waals surface area contributed by atoms with Gasteiger partial charge >= 0.3 is 6.18 Å². The third-order valence-electron chi connectivity index (χ3n) is 6.67. The van der Waals surface area contributed by atoms with Crippen molar-refractivity contribution in [3.05, 3.63) is 41.2 Å². The number of rotatable bonds is 10. The lowest BCUT2D eigenvalue weighted by Gasteiger charge is -2.44. The van der Waals surface area contributed by atoms with Crippen LogP contribution in [-0.2, 0) is 33.9 Å². The highest BCUT2D eigenvalue weighted by molar-refractivity contribution is 7.90. The molecule has 1 aliphatic heterocycles. The number of hydrogen-bond acceptors (Lipinski definition) is 9. The van der Waals surface area contributed by atoms with E-state index in [0.29, 0.717) is 44.0 Å². The molecule has 1 aromatic heterocycles. The first-order valence-electron chi connectivity index (χ1n) is 12.3. The van der Waals surface area contributed by atoms with Crippen LogP contribution < -0.4 is 9.80 Å². The molecule has 0 saturated carbocycles. The van der Waals surface area contributed by atoms with E-state index in [-0.39, 0.29) is 34.9 Å². The number of ether oxygens (including phenoxy) is 1. The van der Waals surface area contributed by atoms with Crippen molar-refractivity contribution < 1.29 is 31.4 Å². The topological polar surface area (TPSA) is 99.1 Å². The molecule has 9 nitrogen and oxygen atoms in total. The summed E-state index contributed by atoms with van der Waals surface area (Å²) >= 11 is 0. The largest absolute Gasteiger partial charge is 0.433 e. The van der Waals surface area contributed by atoms with E-state index in [1.54, 1.807) is 35.0 Å². The van der Waals surface area contributed by atoms with Gasteiger partial charge in [0.2, 0.25) is 5.95 Å². The predicted molar refractivity (Wildman–Crippen MR) is 139 cm³/mol. The standard InChI is InChI=1S/C25H36F3N5O4S/c1-17(2)21-15-32(20-7-6-18(16-34)22(12-20)38(5,35)36)8-9-33(21)24-29-13-19(14-31(3)10-11-37-4)23(30-24)25(26,27)28/h6-7,12-13,17,21,34H,8-11,14-16H2,1-5H3/t21-/m0/s1. The highest BCUT2D eigenvalue weighted by Gasteiger charge is 2.38. The molecule has 2 aromatic rings. The first-order chi connectivity index (χ1) is 17.8. The average Bonchev–Trinajstić information content (AvgIpc) is 2.85. The van der Waals surface area contributed by atoms with Crippen LogP contribution in [-0.4, -0.2) is 87.6 Å². The molecule has 0 spiro atoms. The lowest BCUT2D eigenvalue weighted by Crippen LogP contribution is -2.56. The SMILES string of the molecule is COCCN(C)Cc1cnc(N2CCN(c3ccc(CO)c(S(C)(=O)=O)c3)C[C@H]2C(C)C)nc1C(F)(F)F. The fourth-order valence-electron chi connectivity index (χ4n) is 4.59. The number of benzene rings is 1. The van der Waals surface area contributed by atoms with Crippen molar-refractivity contribution in [1.29, 1.82) is 0 Å². The number of halogens is 3. The molecule has 1 aliphatic rings. The van der Waals surface area contributed by atoms with Crippen molar-refractivity contribution >= 4 is 21.5 Å². The molecule has 1 N–H and O–H groups in total. The number of aromatic nitrogens is 2. The van der Waals surface area contributed by atoms with Gasteiger partial charge < -0.3 is 19.6 Å². The van der Waals surface area contributed by atoms with Crippen LogP contribution in [0.1, 0.15) is 30.7 Å². The van der Waals surface area contributed by atoms with Crippen molar-refractivity contribution in [2.24, 2.45) is 5.92 Å². The number of piperazine rings is 1. The van der Waals surface area contributed by atoms with Crippen LogP contribution in [0.15, 0.2) is 29.3 Å². The van der Waals surface area contributed by atoms with Gasteiger partial charge in [0.25, 0.3) is 0 Å². The zero-order valence-corrected chi connectivity index (χ0v) is 23.2. The summed E-state index contributed by atoms with van der Waals surface area (Å²) in [6.45, 7) is 5.66. The lowest BCUT2D eigenvalue weighted by atomic mass is 9.99. The number of nitrogens with zero attached hydrogens (tertiary/aromatic N) is 5. The van der Waals surface area contributed by atoms with E-state index in [1.807, 2.05) is 18.7 Å². The van der Waals surface area contributed by atoms with Gasteiger partial charge in [-0.1, -0.05) is 19.9 Å². The Kier molecular flexibility index (Phi) is 9.61. The van der Waals surface area contributed by atoms with E-state index in [0.717, 1.165) is 6.26 Å². The molecule has 1 fully saturated rings. The minimum Gasteiger partial charge on any atom is -0.392 e. The second-order valence-electron chi connectivity index (χ2n) is 9.95. The number of aliphatic hydroxyl groups excluding tert-OH is 1. The molecule has 3 rings (SSSR count). The fraction of sp³-hybridized carbons (Fsp3) is 0.600. The minimum absolute atomic E-state index is 0.00290. The number of alkyl halides is 3. The summed E-state index contributed by atoms with van der Waals surface area (Å²) in [6.07, 6.45) is -2.29. The van der Waals surface area contributed by atoms with Crippen molar-refractivity contribution in [2.45, 2.75) is 44.1 Å². The highest BCUT2D eigenvalue weighted by Crippen LogP contribution is 2.34. The van der Waals surface area contributed by atoms with E-state index >= 15 is 0 Å². The third-order valence-corrected chi connectivity index (χ3v) is 7.85. The Bertz CT molecular complexity index is 1210. The number of methoxy groups -OCH3 is 1. The van der Waals surface area contributed by atoms with Crippen LogP contribution >= 0.6 is 0 Å². The Morgan fingerprint density at radius 3 is 2.53 bits per heavy atom. The van der Waals surface area contributed by atoms with Crippen LogP contribution in [0.2, 0.25) is 0 Å². The summed E-state index contributed by atoms with van der Waals surface area (Å²) in [6, 6.07) is 4.66. The van der Waals surface area contributed by atoms with Gasteiger partial charge in [-0.25, -0.2) is 18.4 Å². The van der Waals surface area contributed by atoms with Crippen molar-refractivity contribution in [1.82, 2.24) is 14.9 Å². The minimum atomic E-state index is -4.64. The Morgan fingerprint density at radius 2 is 1.95 bits per heavy atom. The van der Waals surface area contributed by atoms with Crippen LogP contribution in [0.3, 0.4) is 0 Å². The van der Waals surface area contributed by atoms with Gasteiger partial charge in [0.1, 0.15) is 0 Å². The first kappa shape index (κ1) is 30.1. The summed E-state index contributed by atoms with van der Waals surface area (Å²) < 4.78 is 71.5. The van der Waals surface area contributed by atoms with Crippen molar-refractivity contribution in [2.75, 3.05) is 63.0 Å². The Morgan fingerprint density at radius 1 is 1.24 bits per heavy atom.